The summed E-state index contributed by atoms with van der Waals surface area (Å²) < 4.78 is 11.1. The Hall–Kier alpha value is -6.13. The van der Waals surface area contributed by atoms with Gasteiger partial charge in [-0.3, -0.25) is 4.98 Å². The first-order valence-corrected chi connectivity index (χ1v) is 17.5. The Labute approximate surface area is 319 Å². The van der Waals surface area contributed by atoms with Crippen LogP contribution in [0, 0.1) is 12.1 Å². The average molecular weight is 774 g/mol. The van der Waals surface area contributed by atoms with Crippen molar-refractivity contribution in [2.45, 2.75) is 19.3 Å². The van der Waals surface area contributed by atoms with Gasteiger partial charge in [0.1, 0.15) is 11.5 Å². The molecule has 1 aliphatic rings. The second-order valence-corrected chi connectivity index (χ2v) is 13.9. The molecule has 11 rings (SSSR count). The van der Waals surface area contributed by atoms with Gasteiger partial charge in [0, 0.05) is 51.5 Å². The van der Waals surface area contributed by atoms with Crippen LogP contribution in [0.25, 0.3) is 77.6 Å². The monoisotopic (exact) mass is 773 g/mol. The number of aromatic nitrogens is 5. The van der Waals surface area contributed by atoms with Crippen LogP contribution in [0.4, 0.5) is 0 Å². The Kier molecular flexibility index (Phi) is 6.97. The number of rotatable bonds is 4. The van der Waals surface area contributed by atoms with Crippen LogP contribution >= 0.6 is 0 Å². The summed E-state index contributed by atoms with van der Waals surface area (Å²) in [6.45, 7) is 4.55. The predicted molar refractivity (Wildman–Crippen MR) is 207 cm³/mol. The molecule has 0 radical (unpaired) electrons. The Bertz CT molecular complexity index is 3070. The van der Waals surface area contributed by atoms with Crippen LogP contribution in [-0.4, -0.2) is 23.9 Å². The zero-order valence-corrected chi connectivity index (χ0v) is 30.3. The van der Waals surface area contributed by atoms with Crippen LogP contribution in [0.2, 0.25) is 0 Å². The minimum Gasteiger partial charge on any atom is -0.503 e. The fourth-order valence-corrected chi connectivity index (χ4v) is 8.25. The van der Waals surface area contributed by atoms with Crippen molar-refractivity contribution < 1.29 is 25.2 Å². The van der Waals surface area contributed by atoms with Gasteiger partial charge < -0.3 is 13.7 Å². The Morgan fingerprint density at radius 2 is 1.26 bits per heavy atom. The van der Waals surface area contributed by atoms with Crippen molar-refractivity contribution in [3.05, 3.63) is 163 Å². The minimum atomic E-state index is -0.189. The van der Waals surface area contributed by atoms with E-state index in [0.29, 0.717) is 11.5 Å². The summed E-state index contributed by atoms with van der Waals surface area (Å²) in [4.78, 5) is 15.1. The van der Waals surface area contributed by atoms with Crippen molar-refractivity contribution in [3.8, 4) is 39.8 Å². The van der Waals surface area contributed by atoms with Gasteiger partial charge in [0.05, 0.1) is 17.0 Å². The zero-order chi connectivity index (χ0) is 34.6. The van der Waals surface area contributed by atoms with E-state index in [1.807, 2.05) is 60.9 Å². The maximum atomic E-state index is 6.64. The van der Waals surface area contributed by atoms with Crippen LogP contribution < -0.4 is 4.74 Å². The Morgan fingerprint density at radius 3 is 2.08 bits per heavy atom. The van der Waals surface area contributed by atoms with Gasteiger partial charge in [0.25, 0.3) is 0 Å². The van der Waals surface area contributed by atoms with E-state index in [1.165, 1.54) is 22.0 Å². The number of benzene rings is 5. The first-order chi connectivity index (χ1) is 25.6. The van der Waals surface area contributed by atoms with Gasteiger partial charge in [-0.1, -0.05) is 127 Å². The molecule has 0 saturated carbocycles. The second-order valence-electron chi connectivity index (χ2n) is 13.9. The van der Waals surface area contributed by atoms with Gasteiger partial charge in [-0.05, 0) is 28.5 Å². The van der Waals surface area contributed by atoms with E-state index >= 15 is 0 Å². The number of hydrogen-bond acceptors (Lipinski definition) is 4. The van der Waals surface area contributed by atoms with Gasteiger partial charge in [0.15, 0.2) is 0 Å². The van der Waals surface area contributed by atoms with E-state index in [4.69, 9.17) is 19.7 Å². The van der Waals surface area contributed by atoms with E-state index in [-0.39, 0.29) is 25.8 Å². The molecule has 0 N–H and O–H groups in total. The van der Waals surface area contributed by atoms with E-state index in [9.17, 15) is 0 Å². The molecule has 5 aromatic carbocycles. The molecule has 0 bridgehead atoms. The number of ether oxygens (including phenoxy) is 1. The van der Waals surface area contributed by atoms with Crippen LogP contribution in [-0.2, 0) is 25.8 Å². The molecule has 0 unspecified atom stereocenters. The largest absolute Gasteiger partial charge is 2.00 e. The molecule has 0 amide bonds. The Balaban J connectivity index is 0.00000349. The van der Waals surface area contributed by atoms with Crippen LogP contribution in [0.3, 0.4) is 0 Å². The van der Waals surface area contributed by atoms with Crippen LogP contribution in [0.1, 0.15) is 25.0 Å². The fourth-order valence-electron chi connectivity index (χ4n) is 8.25. The van der Waals surface area contributed by atoms with E-state index in [1.54, 1.807) is 0 Å². The van der Waals surface area contributed by atoms with Crippen molar-refractivity contribution in [2.75, 3.05) is 0 Å². The standard InChI is InChI=1S/C46H29N5O.Pd/c1-46(2)37-18-9-16-34-33-23-21-31(27-39(33)50(42(34)37)45-38(46)19-11-25-48-45)52-30-20-22-32-35-17-10-24-47-43(35)51-41(29-14-7-4-8-15-29)40(28-12-5-3-6-13-28)49-44(51)36(32)26-30;/h3-25H,1-2H3;/q-2;+2. The normalized spacial score (nSPS) is 13.1. The third-order valence-electron chi connectivity index (χ3n) is 10.6. The average Bonchev–Trinajstić information content (AvgIpc) is 3.75. The number of hydrogen-bond donors (Lipinski definition) is 0. The van der Waals surface area contributed by atoms with Gasteiger partial charge >= 0.3 is 20.4 Å². The maximum absolute atomic E-state index is 6.64. The molecule has 0 aliphatic carbocycles. The summed E-state index contributed by atoms with van der Waals surface area (Å²) >= 11 is 0. The summed E-state index contributed by atoms with van der Waals surface area (Å²) in [7, 11) is 0. The topological polar surface area (TPSA) is 57.2 Å². The maximum Gasteiger partial charge on any atom is 2.00 e. The first kappa shape index (κ1) is 31.6. The molecular formula is C46H29N5OPd. The molecular weight excluding hydrogens is 745 g/mol. The van der Waals surface area contributed by atoms with Crippen molar-refractivity contribution in [1.82, 2.24) is 23.9 Å². The van der Waals surface area contributed by atoms with Gasteiger partial charge in [-0.25, -0.2) is 9.97 Å². The third kappa shape index (κ3) is 4.51. The van der Waals surface area contributed by atoms with Crippen LogP contribution in [0.15, 0.2) is 140 Å². The number of imidazole rings is 1. The first-order valence-electron chi connectivity index (χ1n) is 17.5. The van der Waals surface area contributed by atoms with Crippen molar-refractivity contribution in [3.63, 3.8) is 0 Å². The second kappa shape index (κ2) is 11.7. The molecule has 7 heteroatoms. The Morgan fingerprint density at radius 1 is 0.585 bits per heavy atom. The number of fused-ring (bicyclic) bond motifs is 11. The SMILES string of the molecule is CC1(C)c2cccnc2-n2c3[c-]c(Oc4[c-]c5c(cc4)c4cccnc4n4c(-c6ccccc6)c(-c6ccccc6)nc54)ccc3c3cccc1c32.[Pd+2]. The van der Waals surface area contributed by atoms with Crippen molar-refractivity contribution in [2.24, 2.45) is 0 Å². The molecule has 10 aromatic rings. The predicted octanol–water partition coefficient (Wildman–Crippen LogP) is 10.9. The summed E-state index contributed by atoms with van der Waals surface area (Å²) in [5.41, 5.74) is 9.94. The molecule has 0 spiro atoms. The number of nitrogens with zero attached hydrogens (tertiary/aromatic N) is 5. The molecule has 0 saturated heterocycles. The van der Waals surface area contributed by atoms with Crippen molar-refractivity contribution in [1.29, 1.82) is 0 Å². The van der Waals surface area contributed by atoms with Crippen molar-refractivity contribution >= 4 is 49.3 Å². The van der Waals surface area contributed by atoms with Crippen LogP contribution in [0.5, 0.6) is 11.5 Å². The quantitative estimate of drug-likeness (QED) is 0.102. The molecule has 0 atom stereocenters. The number of para-hydroxylation sites is 1. The summed E-state index contributed by atoms with van der Waals surface area (Å²) in [5, 5.41) is 5.17. The molecule has 0 fully saturated rings. The molecule has 1 aliphatic heterocycles. The molecule has 6 heterocycles. The zero-order valence-electron chi connectivity index (χ0n) is 28.7. The van der Waals surface area contributed by atoms with E-state index in [2.05, 4.69) is 114 Å². The van der Waals surface area contributed by atoms with Gasteiger partial charge in [0.2, 0.25) is 0 Å². The summed E-state index contributed by atoms with van der Waals surface area (Å²) in [6.07, 6.45) is 3.71. The minimum absolute atomic E-state index is 0. The van der Waals surface area contributed by atoms with Gasteiger partial charge in [-0.2, -0.15) is 6.07 Å². The molecule has 254 valence electrons. The molecule has 6 nitrogen and oxygen atoms in total. The fraction of sp³-hybridized carbons (Fsp3) is 0.0652. The van der Waals surface area contributed by atoms with E-state index in [0.717, 1.165) is 66.7 Å². The molecule has 53 heavy (non-hydrogen) atoms. The number of pyridine rings is 3. The molecule has 5 aromatic heterocycles. The summed E-state index contributed by atoms with van der Waals surface area (Å²) in [5.74, 6) is 2.11. The third-order valence-corrected chi connectivity index (χ3v) is 10.6. The van der Waals surface area contributed by atoms with Gasteiger partial charge in [-0.15, -0.1) is 29.7 Å². The smallest absolute Gasteiger partial charge is 0.503 e. The van der Waals surface area contributed by atoms with E-state index < -0.39 is 0 Å². The summed E-state index contributed by atoms with van der Waals surface area (Å²) in [6, 6.07) is 51.1.